The Kier molecular flexibility index (Phi) is 4.02. The maximum absolute atomic E-state index is 11.2. The molecule has 4 heteroatoms. The molecule has 2 aromatic rings. The van der Waals surface area contributed by atoms with Crippen LogP contribution >= 0.6 is 0 Å². The standard InChI is InChI=1S/C15H17NO3/c1-18-13-6-5-10-7-12(4-3-11(10)8-13)14(16)9-15(17)19-2/h3-8,14H,9,16H2,1-2H3/t14-/m1/s1. The van der Waals surface area contributed by atoms with Crippen molar-refractivity contribution in [2.75, 3.05) is 14.2 Å². The summed E-state index contributed by atoms with van der Waals surface area (Å²) >= 11 is 0. The van der Waals surface area contributed by atoms with Crippen LogP contribution in [0.15, 0.2) is 36.4 Å². The number of ether oxygens (including phenoxy) is 2. The van der Waals surface area contributed by atoms with E-state index in [1.54, 1.807) is 7.11 Å². The quantitative estimate of drug-likeness (QED) is 0.856. The van der Waals surface area contributed by atoms with Gasteiger partial charge in [-0.1, -0.05) is 18.2 Å². The molecular formula is C15H17NO3. The summed E-state index contributed by atoms with van der Waals surface area (Å²) in [7, 11) is 3.00. The highest BCUT2D eigenvalue weighted by Gasteiger charge is 2.12. The van der Waals surface area contributed by atoms with E-state index in [1.807, 2.05) is 36.4 Å². The van der Waals surface area contributed by atoms with E-state index in [1.165, 1.54) is 7.11 Å². The molecule has 0 saturated heterocycles. The summed E-state index contributed by atoms with van der Waals surface area (Å²) < 4.78 is 9.81. The molecule has 0 radical (unpaired) electrons. The number of benzene rings is 2. The number of fused-ring (bicyclic) bond motifs is 1. The van der Waals surface area contributed by atoms with Crippen LogP contribution in [0, 0.1) is 0 Å². The Morgan fingerprint density at radius 1 is 1.16 bits per heavy atom. The Morgan fingerprint density at radius 2 is 1.84 bits per heavy atom. The molecule has 0 spiro atoms. The van der Waals surface area contributed by atoms with E-state index in [0.717, 1.165) is 22.1 Å². The van der Waals surface area contributed by atoms with Gasteiger partial charge in [0.15, 0.2) is 0 Å². The minimum atomic E-state index is -0.348. The zero-order valence-electron chi connectivity index (χ0n) is 11.1. The van der Waals surface area contributed by atoms with Crippen LogP contribution in [0.1, 0.15) is 18.0 Å². The van der Waals surface area contributed by atoms with Crippen LogP contribution in [0.25, 0.3) is 10.8 Å². The maximum Gasteiger partial charge on any atom is 0.307 e. The molecule has 4 nitrogen and oxygen atoms in total. The van der Waals surface area contributed by atoms with Gasteiger partial charge in [0.2, 0.25) is 0 Å². The second-order valence-electron chi connectivity index (χ2n) is 4.36. The van der Waals surface area contributed by atoms with Gasteiger partial charge in [0.1, 0.15) is 5.75 Å². The molecule has 0 saturated carbocycles. The van der Waals surface area contributed by atoms with Crippen molar-refractivity contribution in [2.24, 2.45) is 5.73 Å². The van der Waals surface area contributed by atoms with Gasteiger partial charge in [0.25, 0.3) is 0 Å². The average Bonchev–Trinajstić information content (AvgIpc) is 2.45. The summed E-state index contributed by atoms with van der Waals surface area (Å²) in [6, 6.07) is 11.4. The summed E-state index contributed by atoms with van der Waals surface area (Å²) in [5, 5.41) is 2.15. The van der Waals surface area contributed by atoms with Crippen molar-refractivity contribution in [3.8, 4) is 5.75 Å². The van der Waals surface area contributed by atoms with E-state index in [2.05, 4.69) is 4.74 Å². The summed E-state index contributed by atoms with van der Waals surface area (Å²) in [4.78, 5) is 11.2. The fourth-order valence-corrected chi connectivity index (χ4v) is 1.98. The first-order chi connectivity index (χ1) is 9.13. The molecule has 100 valence electrons. The molecule has 0 unspecified atom stereocenters. The second-order valence-corrected chi connectivity index (χ2v) is 4.36. The number of carbonyl (C=O) groups excluding carboxylic acids is 1. The van der Waals surface area contributed by atoms with Gasteiger partial charge in [0.05, 0.1) is 20.6 Å². The molecule has 0 amide bonds. The van der Waals surface area contributed by atoms with Gasteiger partial charge in [-0.15, -0.1) is 0 Å². The molecule has 1 atom stereocenters. The SMILES string of the molecule is COC(=O)C[C@@H](N)c1ccc2cc(OC)ccc2c1. The van der Waals surface area contributed by atoms with Crippen LogP contribution in [0.3, 0.4) is 0 Å². The minimum Gasteiger partial charge on any atom is -0.497 e. The Labute approximate surface area is 112 Å². The van der Waals surface area contributed by atoms with E-state index in [4.69, 9.17) is 10.5 Å². The van der Waals surface area contributed by atoms with E-state index in [0.29, 0.717) is 0 Å². The number of hydrogen-bond donors (Lipinski definition) is 1. The lowest BCUT2D eigenvalue weighted by Gasteiger charge is -2.12. The number of methoxy groups -OCH3 is 2. The normalized spacial score (nSPS) is 12.2. The van der Waals surface area contributed by atoms with E-state index in [9.17, 15) is 4.79 Å². The first-order valence-corrected chi connectivity index (χ1v) is 6.04. The van der Waals surface area contributed by atoms with Crippen molar-refractivity contribution in [1.82, 2.24) is 0 Å². The van der Waals surface area contributed by atoms with Crippen molar-refractivity contribution in [1.29, 1.82) is 0 Å². The summed E-state index contributed by atoms with van der Waals surface area (Å²) in [5.74, 6) is 0.515. The fourth-order valence-electron chi connectivity index (χ4n) is 1.98. The van der Waals surface area contributed by atoms with Crippen LogP contribution in [0.5, 0.6) is 5.75 Å². The van der Waals surface area contributed by atoms with Crippen LogP contribution < -0.4 is 10.5 Å². The molecule has 0 fully saturated rings. The number of nitrogens with two attached hydrogens (primary N) is 1. The highest BCUT2D eigenvalue weighted by Crippen LogP contribution is 2.24. The average molecular weight is 259 g/mol. The maximum atomic E-state index is 11.2. The summed E-state index contributed by atoms with van der Waals surface area (Å²) in [5.41, 5.74) is 6.91. The smallest absolute Gasteiger partial charge is 0.307 e. The summed E-state index contributed by atoms with van der Waals surface area (Å²) in [6.45, 7) is 0. The number of esters is 1. The topological polar surface area (TPSA) is 61.5 Å². The van der Waals surface area contributed by atoms with Gasteiger partial charge in [-0.3, -0.25) is 4.79 Å². The fraction of sp³-hybridized carbons (Fsp3) is 0.267. The third-order valence-corrected chi connectivity index (χ3v) is 3.11. The van der Waals surface area contributed by atoms with Crippen LogP contribution in [0.2, 0.25) is 0 Å². The summed E-state index contributed by atoms with van der Waals surface area (Å²) in [6.07, 6.45) is 0.179. The first kappa shape index (κ1) is 13.4. The van der Waals surface area contributed by atoms with Crippen LogP contribution in [-0.4, -0.2) is 20.2 Å². The Bertz CT molecular complexity index is 595. The molecule has 0 aliphatic rings. The molecule has 2 N–H and O–H groups in total. The number of carbonyl (C=O) groups is 1. The van der Waals surface area contributed by atoms with Crippen molar-refractivity contribution in [3.63, 3.8) is 0 Å². The molecule has 0 aromatic heterocycles. The van der Waals surface area contributed by atoms with Crippen molar-refractivity contribution >= 4 is 16.7 Å². The molecule has 0 aliphatic heterocycles. The lowest BCUT2D eigenvalue weighted by atomic mass is 10.0. The first-order valence-electron chi connectivity index (χ1n) is 6.04. The van der Waals surface area contributed by atoms with Gasteiger partial charge >= 0.3 is 5.97 Å². The lowest BCUT2D eigenvalue weighted by molar-refractivity contribution is -0.141. The van der Waals surface area contributed by atoms with E-state index in [-0.39, 0.29) is 18.4 Å². The lowest BCUT2D eigenvalue weighted by Crippen LogP contribution is -2.16. The zero-order valence-corrected chi connectivity index (χ0v) is 11.1. The van der Waals surface area contributed by atoms with Gasteiger partial charge in [-0.05, 0) is 34.5 Å². The largest absolute Gasteiger partial charge is 0.497 e. The van der Waals surface area contributed by atoms with Gasteiger partial charge in [-0.25, -0.2) is 0 Å². The van der Waals surface area contributed by atoms with Crippen molar-refractivity contribution < 1.29 is 14.3 Å². The molecule has 2 rings (SSSR count). The van der Waals surface area contributed by atoms with E-state index < -0.39 is 0 Å². The predicted octanol–water partition coefficient (Wildman–Crippen LogP) is 2.41. The predicted molar refractivity (Wildman–Crippen MR) is 74.1 cm³/mol. The Hall–Kier alpha value is -2.07. The van der Waals surface area contributed by atoms with E-state index >= 15 is 0 Å². The van der Waals surface area contributed by atoms with Crippen LogP contribution in [0.4, 0.5) is 0 Å². The second kappa shape index (κ2) is 5.71. The highest BCUT2D eigenvalue weighted by molar-refractivity contribution is 5.84. The molecule has 0 heterocycles. The molecular weight excluding hydrogens is 242 g/mol. The zero-order chi connectivity index (χ0) is 13.8. The Morgan fingerprint density at radius 3 is 2.53 bits per heavy atom. The van der Waals surface area contributed by atoms with Gasteiger partial charge in [-0.2, -0.15) is 0 Å². The monoisotopic (exact) mass is 259 g/mol. The highest BCUT2D eigenvalue weighted by atomic mass is 16.5. The number of rotatable bonds is 4. The molecule has 0 bridgehead atoms. The molecule has 2 aromatic carbocycles. The molecule has 0 aliphatic carbocycles. The minimum absolute atomic E-state index is 0.179. The third kappa shape index (κ3) is 3.03. The third-order valence-electron chi connectivity index (χ3n) is 3.11. The van der Waals surface area contributed by atoms with Crippen molar-refractivity contribution in [2.45, 2.75) is 12.5 Å². The van der Waals surface area contributed by atoms with Gasteiger partial charge in [0, 0.05) is 6.04 Å². The Balaban J connectivity index is 2.28. The van der Waals surface area contributed by atoms with Crippen LogP contribution in [-0.2, 0) is 9.53 Å². The number of hydrogen-bond acceptors (Lipinski definition) is 4. The molecule has 19 heavy (non-hydrogen) atoms. The van der Waals surface area contributed by atoms with Crippen molar-refractivity contribution in [3.05, 3.63) is 42.0 Å². The van der Waals surface area contributed by atoms with Gasteiger partial charge < -0.3 is 15.2 Å².